The number of esters is 1. The Bertz CT molecular complexity index is 1280. The molecule has 0 aromatic carbocycles. The summed E-state index contributed by atoms with van der Waals surface area (Å²) in [6, 6.07) is -0.836. The van der Waals surface area contributed by atoms with E-state index >= 15 is 0 Å². The third kappa shape index (κ3) is 4.44. The highest BCUT2D eigenvalue weighted by Gasteiger charge is 2.57. The van der Waals surface area contributed by atoms with Gasteiger partial charge in [-0.1, -0.05) is 13.8 Å². The average molecular weight is 495 g/mol. The van der Waals surface area contributed by atoms with Gasteiger partial charge < -0.3 is 30.0 Å². The van der Waals surface area contributed by atoms with Crippen LogP contribution in [0, 0.1) is 5.92 Å². The largest absolute Gasteiger partial charge is 0.461 e. The molecule has 1 unspecified atom stereocenters. The van der Waals surface area contributed by atoms with Crippen LogP contribution in [-0.2, 0) is 35.6 Å². The minimum Gasteiger partial charge on any atom is -0.461 e. The van der Waals surface area contributed by atoms with E-state index in [2.05, 4.69) is 15.3 Å². The Balaban J connectivity index is 1.65. The van der Waals surface area contributed by atoms with E-state index < -0.39 is 53.6 Å². The molecule has 14 heteroatoms. The molecule has 2 saturated heterocycles. The molecule has 0 spiro atoms. The third-order valence-electron chi connectivity index (χ3n) is 6.00. The van der Waals surface area contributed by atoms with Gasteiger partial charge in [-0.2, -0.15) is 4.98 Å². The number of carbonyl (C=O) groups excluding carboxylic acids is 2. The SMILES string of the molecule is CC(=O)N[C@H](C(=O)OC[C@H]1O[C@@H](n2c(=O)n(C)c3c(=O)[nH]c(N)nc32)C2OC(C)(C)O[C@@H]21)C(C)C. The molecule has 0 bridgehead atoms. The number of nitrogen functional groups attached to an aromatic ring is 1. The van der Waals surface area contributed by atoms with Gasteiger partial charge in [0.05, 0.1) is 0 Å². The van der Waals surface area contributed by atoms with Crippen LogP contribution in [0.25, 0.3) is 11.2 Å². The number of aromatic nitrogens is 4. The highest BCUT2D eigenvalue weighted by molar-refractivity contribution is 5.83. The minimum atomic E-state index is -1.04. The van der Waals surface area contributed by atoms with E-state index in [0.29, 0.717) is 0 Å². The fourth-order valence-electron chi connectivity index (χ4n) is 4.49. The number of H-pyrrole nitrogens is 1. The summed E-state index contributed by atoms with van der Waals surface area (Å²) in [4.78, 5) is 56.2. The Morgan fingerprint density at radius 3 is 2.54 bits per heavy atom. The van der Waals surface area contributed by atoms with Gasteiger partial charge in [-0.05, 0) is 19.8 Å². The third-order valence-corrected chi connectivity index (χ3v) is 6.00. The van der Waals surface area contributed by atoms with Crippen molar-refractivity contribution in [2.75, 3.05) is 12.3 Å². The number of hydrogen-bond acceptors (Lipinski definition) is 10. The number of anilines is 1. The molecule has 2 aromatic rings. The molecule has 2 aliphatic rings. The van der Waals surface area contributed by atoms with Crippen molar-refractivity contribution >= 4 is 29.0 Å². The Hall–Kier alpha value is -3.23. The average Bonchev–Trinajstić information content (AvgIpc) is 3.31. The normalized spacial score (nSPS) is 26.1. The number of nitrogens with one attached hydrogen (secondary N) is 2. The predicted octanol–water partition coefficient (Wildman–Crippen LogP) is -0.873. The highest BCUT2D eigenvalue weighted by Crippen LogP contribution is 2.43. The smallest absolute Gasteiger partial charge is 0.332 e. The maximum Gasteiger partial charge on any atom is 0.332 e. The first-order chi connectivity index (χ1) is 16.3. The van der Waals surface area contributed by atoms with E-state index in [-0.39, 0.29) is 35.5 Å². The van der Waals surface area contributed by atoms with Crippen LogP contribution >= 0.6 is 0 Å². The van der Waals surface area contributed by atoms with Crippen molar-refractivity contribution in [2.45, 2.75) is 71.0 Å². The molecule has 14 nitrogen and oxygen atoms in total. The van der Waals surface area contributed by atoms with Crippen molar-refractivity contribution in [2.24, 2.45) is 13.0 Å². The topological polar surface area (TPSA) is 182 Å². The lowest BCUT2D eigenvalue weighted by Crippen LogP contribution is -2.45. The predicted molar refractivity (Wildman–Crippen MR) is 121 cm³/mol. The lowest BCUT2D eigenvalue weighted by molar-refractivity contribution is -0.202. The summed E-state index contributed by atoms with van der Waals surface area (Å²) < 4.78 is 26.0. The number of rotatable bonds is 6. The van der Waals surface area contributed by atoms with E-state index in [1.807, 2.05) is 0 Å². The number of hydrogen-bond donors (Lipinski definition) is 3. The Morgan fingerprint density at radius 2 is 1.91 bits per heavy atom. The number of fused-ring (bicyclic) bond motifs is 2. The molecule has 2 aromatic heterocycles. The fourth-order valence-corrected chi connectivity index (χ4v) is 4.49. The van der Waals surface area contributed by atoms with Gasteiger partial charge in [0, 0.05) is 14.0 Å². The van der Waals surface area contributed by atoms with Gasteiger partial charge in [-0.25, -0.2) is 14.2 Å². The Morgan fingerprint density at radius 1 is 1.26 bits per heavy atom. The molecule has 4 rings (SSSR count). The quantitative estimate of drug-likeness (QED) is 0.427. The first kappa shape index (κ1) is 24.9. The fraction of sp³-hybridized carbons (Fsp3) is 0.667. The molecule has 2 fully saturated rings. The van der Waals surface area contributed by atoms with Gasteiger partial charge in [0.25, 0.3) is 5.56 Å². The van der Waals surface area contributed by atoms with Crippen LogP contribution in [0.3, 0.4) is 0 Å². The number of nitrogens with two attached hydrogens (primary N) is 1. The maximum absolute atomic E-state index is 13.1. The number of aryl methyl sites for hydroxylation is 1. The molecule has 0 saturated carbocycles. The zero-order valence-corrected chi connectivity index (χ0v) is 20.4. The van der Waals surface area contributed by atoms with Crippen LogP contribution in [0.15, 0.2) is 9.59 Å². The van der Waals surface area contributed by atoms with Crippen LogP contribution in [0.1, 0.15) is 40.8 Å². The van der Waals surface area contributed by atoms with Gasteiger partial charge in [0.1, 0.15) is 31.0 Å². The zero-order valence-electron chi connectivity index (χ0n) is 20.4. The standard InChI is InChI=1S/C21H30N6O8/c1-8(2)11(23-9(3)28)18(30)32-7-10-13-14(35-21(4,5)34-13)17(33-10)27-15-12(26(6)20(27)31)16(29)25-19(22)24-15/h8,10-11,13-14,17H,7H2,1-6H3,(H,23,28)(H3,22,24,25,29)/t10-,11+,13-,14?,17-/m1/s1. The second kappa shape index (κ2) is 8.77. The monoisotopic (exact) mass is 494 g/mol. The molecule has 35 heavy (non-hydrogen) atoms. The summed E-state index contributed by atoms with van der Waals surface area (Å²) in [6.07, 6.45) is -3.30. The molecule has 4 heterocycles. The van der Waals surface area contributed by atoms with E-state index in [4.69, 9.17) is 24.7 Å². The second-order valence-corrected chi connectivity index (χ2v) is 9.52. The van der Waals surface area contributed by atoms with Crippen LogP contribution in [0.5, 0.6) is 0 Å². The molecule has 2 aliphatic heterocycles. The van der Waals surface area contributed by atoms with Gasteiger partial charge in [0.15, 0.2) is 23.2 Å². The van der Waals surface area contributed by atoms with E-state index in [1.165, 1.54) is 18.5 Å². The van der Waals surface area contributed by atoms with Crippen LogP contribution in [0.2, 0.25) is 0 Å². The lowest BCUT2D eigenvalue weighted by atomic mass is 10.0. The van der Waals surface area contributed by atoms with E-state index in [9.17, 15) is 19.2 Å². The molecular weight excluding hydrogens is 464 g/mol. The second-order valence-electron chi connectivity index (χ2n) is 9.52. The first-order valence-electron chi connectivity index (χ1n) is 11.2. The van der Waals surface area contributed by atoms with Crippen molar-refractivity contribution in [3.63, 3.8) is 0 Å². The van der Waals surface area contributed by atoms with Crippen molar-refractivity contribution in [3.8, 4) is 0 Å². The summed E-state index contributed by atoms with van der Waals surface area (Å²) in [5.74, 6) is -2.35. The van der Waals surface area contributed by atoms with Crippen LogP contribution < -0.4 is 22.3 Å². The molecule has 192 valence electrons. The highest BCUT2D eigenvalue weighted by atomic mass is 16.8. The number of imidazole rings is 1. The van der Waals surface area contributed by atoms with Crippen molar-refractivity contribution in [1.82, 2.24) is 24.4 Å². The summed E-state index contributed by atoms with van der Waals surface area (Å²) in [5.41, 5.74) is 4.63. The molecule has 0 aliphatic carbocycles. The lowest BCUT2D eigenvalue weighted by Gasteiger charge is -2.25. The molecule has 5 atom stereocenters. The molecular formula is C21H30N6O8. The van der Waals surface area contributed by atoms with Crippen molar-refractivity contribution in [3.05, 3.63) is 20.8 Å². The van der Waals surface area contributed by atoms with Gasteiger partial charge in [0.2, 0.25) is 11.9 Å². The number of aromatic amines is 1. The first-order valence-corrected chi connectivity index (χ1v) is 11.2. The maximum atomic E-state index is 13.1. The van der Waals surface area contributed by atoms with E-state index in [0.717, 1.165) is 4.57 Å². The minimum absolute atomic E-state index is 0.0208. The zero-order chi connectivity index (χ0) is 25.8. The van der Waals surface area contributed by atoms with Gasteiger partial charge >= 0.3 is 11.7 Å². The number of amides is 1. The van der Waals surface area contributed by atoms with E-state index in [1.54, 1.807) is 27.7 Å². The number of carbonyl (C=O) groups is 2. The van der Waals surface area contributed by atoms with Crippen LogP contribution in [0.4, 0.5) is 5.95 Å². The molecule has 1 amide bonds. The Kier molecular flexibility index (Phi) is 6.23. The van der Waals surface area contributed by atoms with Crippen molar-refractivity contribution < 1.29 is 28.5 Å². The van der Waals surface area contributed by atoms with Crippen molar-refractivity contribution in [1.29, 1.82) is 0 Å². The molecule has 0 radical (unpaired) electrons. The van der Waals surface area contributed by atoms with Crippen LogP contribution in [-0.4, -0.2) is 67.7 Å². The van der Waals surface area contributed by atoms with Gasteiger partial charge in [-0.15, -0.1) is 0 Å². The number of nitrogens with zero attached hydrogens (tertiary/aromatic N) is 3. The number of ether oxygens (including phenoxy) is 4. The van der Waals surface area contributed by atoms with Gasteiger partial charge in [-0.3, -0.25) is 19.1 Å². The summed E-state index contributed by atoms with van der Waals surface area (Å²) in [5, 5.41) is 2.58. The Labute approximate surface area is 199 Å². The molecule has 4 N–H and O–H groups in total. The summed E-state index contributed by atoms with van der Waals surface area (Å²) >= 11 is 0. The summed E-state index contributed by atoms with van der Waals surface area (Å²) in [7, 11) is 1.43. The summed E-state index contributed by atoms with van der Waals surface area (Å²) in [6.45, 7) is 8.09.